The number of nitrogens with zero attached hydrogens (tertiary/aromatic N) is 1. The van der Waals surface area contributed by atoms with E-state index in [0.29, 0.717) is 12.2 Å². The highest BCUT2D eigenvalue weighted by Gasteiger charge is 2.36. The highest BCUT2D eigenvalue weighted by atomic mass is 16.5. The van der Waals surface area contributed by atoms with Crippen molar-refractivity contribution < 1.29 is 14.3 Å². The van der Waals surface area contributed by atoms with Gasteiger partial charge in [0.25, 0.3) is 0 Å². The molecule has 0 saturated carbocycles. The summed E-state index contributed by atoms with van der Waals surface area (Å²) in [5.41, 5.74) is 7.14. The van der Waals surface area contributed by atoms with Gasteiger partial charge in [0, 0.05) is 36.5 Å². The van der Waals surface area contributed by atoms with Crippen molar-refractivity contribution in [1.82, 2.24) is 0 Å². The number of ketones is 1. The van der Waals surface area contributed by atoms with Gasteiger partial charge in [-0.05, 0) is 87.6 Å². The lowest BCUT2D eigenvalue weighted by atomic mass is 9.78. The van der Waals surface area contributed by atoms with Crippen molar-refractivity contribution in [3.8, 4) is 11.5 Å². The summed E-state index contributed by atoms with van der Waals surface area (Å²) >= 11 is 0. The molecule has 2 aliphatic rings. The average Bonchev–Trinajstić information content (AvgIpc) is 3.11. The van der Waals surface area contributed by atoms with Gasteiger partial charge in [0.2, 0.25) is 0 Å². The number of ether oxygens (including phenoxy) is 2. The van der Waals surface area contributed by atoms with E-state index in [4.69, 9.17) is 9.47 Å². The van der Waals surface area contributed by atoms with Gasteiger partial charge in [-0.2, -0.15) is 0 Å². The molecule has 5 rings (SSSR count). The summed E-state index contributed by atoms with van der Waals surface area (Å²) in [5.74, 6) is 1.62. The highest BCUT2D eigenvalue weighted by molar-refractivity contribution is 6.01. The van der Waals surface area contributed by atoms with E-state index in [2.05, 4.69) is 71.8 Å². The molecule has 0 bridgehead atoms. The lowest BCUT2D eigenvalue weighted by Gasteiger charge is -2.30. The van der Waals surface area contributed by atoms with Gasteiger partial charge in [0.15, 0.2) is 17.3 Å². The predicted molar refractivity (Wildman–Crippen MR) is 159 cm³/mol. The number of rotatable bonds is 8. The van der Waals surface area contributed by atoms with Crippen LogP contribution in [0, 0.1) is 0 Å². The molecule has 3 aromatic carbocycles. The molecule has 204 valence electrons. The molecule has 0 amide bonds. The summed E-state index contributed by atoms with van der Waals surface area (Å²) < 4.78 is 11.6. The first kappa shape index (κ1) is 26.7. The van der Waals surface area contributed by atoms with Gasteiger partial charge >= 0.3 is 0 Å². The number of carbonyl (C=O) groups excluding carboxylic acids is 1. The fourth-order valence-electron chi connectivity index (χ4n) is 5.73. The molecule has 1 aliphatic heterocycles. The van der Waals surface area contributed by atoms with Crippen LogP contribution in [-0.2, 0) is 4.79 Å². The standard InChI is InChI=1S/C33H39N3O3/c1-6-36(7-2)25-15-12-22(13-16-25)33-32-28(34-26-10-8-9-11-27(26)35-33)18-24(19-29(32)37)23-14-17-30(39-21(3)4)31(20-23)38-5/h8-17,20-21,24,33-35H,6-7,18-19H2,1-5H3. The van der Waals surface area contributed by atoms with E-state index in [1.807, 2.05) is 38.1 Å². The van der Waals surface area contributed by atoms with Crippen molar-refractivity contribution in [2.24, 2.45) is 0 Å². The molecule has 1 aliphatic carbocycles. The van der Waals surface area contributed by atoms with Crippen molar-refractivity contribution in [1.29, 1.82) is 0 Å². The lowest BCUT2D eigenvalue weighted by Crippen LogP contribution is -2.27. The zero-order chi connectivity index (χ0) is 27.5. The number of fused-ring (bicyclic) bond motifs is 1. The van der Waals surface area contributed by atoms with Crippen LogP contribution in [0.25, 0.3) is 0 Å². The lowest BCUT2D eigenvalue weighted by molar-refractivity contribution is -0.116. The number of hydrogen-bond donors (Lipinski definition) is 2. The van der Waals surface area contributed by atoms with Crippen LogP contribution < -0.4 is 25.0 Å². The van der Waals surface area contributed by atoms with Crippen LogP contribution in [0.4, 0.5) is 17.1 Å². The Bertz CT molecular complexity index is 1360. The number of anilines is 3. The Morgan fingerprint density at radius 2 is 1.59 bits per heavy atom. The summed E-state index contributed by atoms with van der Waals surface area (Å²) in [5, 5.41) is 7.33. The number of Topliss-reactive ketones (excluding diaryl/α,β-unsaturated/α-hetero) is 1. The molecule has 6 heteroatoms. The minimum absolute atomic E-state index is 0.0432. The zero-order valence-electron chi connectivity index (χ0n) is 23.6. The van der Waals surface area contributed by atoms with Crippen LogP contribution in [0.1, 0.15) is 63.6 Å². The number of benzene rings is 3. The molecule has 2 unspecified atom stereocenters. The first-order valence-electron chi connectivity index (χ1n) is 14.0. The Balaban J connectivity index is 1.52. The Morgan fingerprint density at radius 1 is 0.897 bits per heavy atom. The van der Waals surface area contributed by atoms with Gasteiger partial charge in [-0.1, -0.05) is 30.3 Å². The number of allylic oxidation sites excluding steroid dienone is 1. The predicted octanol–water partition coefficient (Wildman–Crippen LogP) is 7.31. The van der Waals surface area contributed by atoms with E-state index >= 15 is 0 Å². The molecule has 0 radical (unpaired) electrons. The van der Waals surface area contributed by atoms with Gasteiger partial charge in [0.05, 0.1) is 30.6 Å². The van der Waals surface area contributed by atoms with E-state index in [1.165, 1.54) is 5.69 Å². The number of para-hydroxylation sites is 2. The largest absolute Gasteiger partial charge is 0.493 e. The van der Waals surface area contributed by atoms with E-state index in [9.17, 15) is 4.79 Å². The first-order chi connectivity index (χ1) is 18.9. The van der Waals surface area contributed by atoms with E-state index in [0.717, 1.165) is 59.0 Å². The second-order valence-corrected chi connectivity index (χ2v) is 10.5. The third-order valence-corrected chi connectivity index (χ3v) is 7.69. The quantitative estimate of drug-likeness (QED) is 0.322. The second-order valence-electron chi connectivity index (χ2n) is 10.5. The van der Waals surface area contributed by atoms with Crippen molar-refractivity contribution in [2.45, 2.75) is 58.6 Å². The van der Waals surface area contributed by atoms with E-state index < -0.39 is 0 Å². The third kappa shape index (κ3) is 5.47. The van der Waals surface area contributed by atoms with Gasteiger partial charge in [-0.25, -0.2) is 0 Å². The van der Waals surface area contributed by atoms with Gasteiger partial charge in [-0.15, -0.1) is 0 Å². The number of carbonyl (C=O) groups is 1. The molecule has 2 atom stereocenters. The number of nitrogens with one attached hydrogen (secondary N) is 2. The maximum atomic E-state index is 13.9. The van der Waals surface area contributed by atoms with Crippen LogP contribution >= 0.6 is 0 Å². The minimum Gasteiger partial charge on any atom is -0.493 e. The average molecular weight is 526 g/mol. The number of methoxy groups -OCH3 is 1. The summed E-state index contributed by atoms with van der Waals surface area (Å²) in [4.78, 5) is 16.3. The molecule has 0 aromatic heterocycles. The summed E-state index contributed by atoms with van der Waals surface area (Å²) in [6.07, 6.45) is 1.23. The molecule has 3 aromatic rings. The topological polar surface area (TPSA) is 62.8 Å². The molecular weight excluding hydrogens is 486 g/mol. The molecule has 0 saturated heterocycles. The molecule has 6 nitrogen and oxygen atoms in total. The number of hydrogen-bond acceptors (Lipinski definition) is 6. The van der Waals surface area contributed by atoms with Crippen LogP contribution in [0.15, 0.2) is 78.0 Å². The summed E-state index contributed by atoms with van der Waals surface area (Å²) in [6.45, 7) is 10.2. The third-order valence-electron chi connectivity index (χ3n) is 7.69. The van der Waals surface area contributed by atoms with Gasteiger partial charge < -0.3 is 25.0 Å². The zero-order valence-corrected chi connectivity index (χ0v) is 23.6. The molecular formula is C33H39N3O3. The van der Waals surface area contributed by atoms with Gasteiger partial charge in [-0.3, -0.25) is 4.79 Å². The van der Waals surface area contributed by atoms with Crippen molar-refractivity contribution in [2.75, 3.05) is 35.7 Å². The maximum Gasteiger partial charge on any atom is 0.163 e. The maximum absolute atomic E-state index is 13.9. The Hall–Kier alpha value is -3.93. The summed E-state index contributed by atoms with van der Waals surface area (Å²) in [6, 6.07) is 22.6. The molecule has 1 heterocycles. The van der Waals surface area contributed by atoms with Crippen molar-refractivity contribution in [3.05, 3.63) is 89.1 Å². The second kappa shape index (κ2) is 11.4. The SMILES string of the molecule is CCN(CC)c1ccc(C2Nc3ccccc3NC3=C2C(=O)CC(c2ccc(OC(C)C)c(OC)c2)C3)cc1. The normalized spacial score (nSPS) is 18.5. The fraction of sp³-hybridized carbons (Fsp3) is 0.364. The van der Waals surface area contributed by atoms with Crippen LogP contribution in [0.5, 0.6) is 11.5 Å². The van der Waals surface area contributed by atoms with E-state index in [1.54, 1.807) is 7.11 Å². The molecule has 0 fully saturated rings. The highest BCUT2D eigenvalue weighted by Crippen LogP contribution is 2.45. The van der Waals surface area contributed by atoms with E-state index in [-0.39, 0.29) is 23.8 Å². The first-order valence-corrected chi connectivity index (χ1v) is 14.0. The van der Waals surface area contributed by atoms with Crippen molar-refractivity contribution in [3.63, 3.8) is 0 Å². The molecule has 0 spiro atoms. The Labute approximate surface area is 232 Å². The van der Waals surface area contributed by atoms with Gasteiger partial charge in [0.1, 0.15) is 0 Å². The molecule has 39 heavy (non-hydrogen) atoms. The summed E-state index contributed by atoms with van der Waals surface area (Å²) in [7, 11) is 1.66. The van der Waals surface area contributed by atoms with Crippen LogP contribution in [0.2, 0.25) is 0 Å². The van der Waals surface area contributed by atoms with Crippen LogP contribution in [0.3, 0.4) is 0 Å². The smallest absolute Gasteiger partial charge is 0.163 e. The fourth-order valence-corrected chi connectivity index (χ4v) is 5.73. The minimum atomic E-state index is -0.230. The van der Waals surface area contributed by atoms with Crippen molar-refractivity contribution >= 4 is 22.8 Å². The monoisotopic (exact) mass is 525 g/mol. The Kier molecular flexibility index (Phi) is 7.82. The Morgan fingerprint density at radius 3 is 2.26 bits per heavy atom. The van der Waals surface area contributed by atoms with Crippen LogP contribution in [-0.4, -0.2) is 32.1 Å². The molecule has 2 N–H and O–H groups in total.